The van der Waals surface area contributed by atoms with Crippen LogP contribution in [-0.2, 0) is 6.54 Å². The maximum Gasteiger partial charge on any atom is 0.190 e. The van der Waals surface area contributed by atoms with Gasteiger partial charge in [0, 0.05) is 11.9 Å². The topological polar surface area (TPSA) is 43.6 Å². The van der Waals surface area contributed by atoms with Crippen molar-refractivity contribution in [1.29, 1.82) is 0 Å². The molecule has 18 heavy (non-hydrogen) atoms. The Kier molecular flexibility index (Phi) is 5.32. The van der Waals surface area contributed by atoms with Crippen molar-refractivity contribution in [3.8, 4) is 0 Å². The Hall–Kier alpha value is -0.270. The zero-order valence-electron chi connectivity index (χ0n) is 10.4. The second-order valence-electron chi connectivity index (χ2n) is 3.72. The van der Waals surface area contributed by atoms with Crippen LogP contribution < -0.4 is 0 Å². The summed E-state index contributed by atoms with van der Waals surface area (Å²) in [5.74, 6) is 0. The summed E-state index contributed by atoms with van der Waals surface area (Å²) in [5.41, 5.74) is 0.952. The summed E-state index contributed by atoms with van der Waals surface area (Å²) in [4.78, 5) is 9.07. The van der Waals surface area contributed by atoms with Crippen LogP contribution in [0.2, 0.25) is 0 Å². The number of alkyl halides is 1. The summed E-state index contributed by atoms with van der Waals surface area (Å²) in [7, 11) is 0. The molecule has 0 atom stereocenters. The molecule has 0 radical (unpaired) electrons. The number of nitrogens with zero attached hydrogens (tertiary/aromatic N) is 4. The molecule has 4 nitrogen and oxygen atoms in total. The first-order valence-electron chi connectivity index (χ1n) is 5.67. The van der Waals surface area contributed by atoms with Crippen LogP contribution in [0, 0.1) is 0 Å². The van der Waals surface area contributed by atoms with Crippen molar-refractivity contribution in [3.63, 3.8) is 0 Å². The van der Waals surface area contributed by atoms with Crippen molar-refractivity contribution >= 4 is 50.5 Å². The molecule has 0 aliphatic carbocycles. The third-order valence-corrected chi connectivity index (χ3v) is 4.38. The lowest BCUT2D eigenvalue weighted by molar-refractivity contribution is 0.585. The van der Waals surface area contributed by atoms with Crippen LogP contribution in [0.1, 0.15) is 12.8 Å². The number of aryl methyl sites for hydroxylation is 1. The average molecular weight is 347 g/mol. The zero-order chi connectivity index (χ0) is 13.0. The molecule has 2 aromatic rings. The van der Waals surface area contributed by atoms with E-state index >= 15 is 0 Å². The molecule has 0 unspecified atom stereocenters. The number of halogens is 1. The van der Waals surface area contributed by atoms with Gasteiger partial charge in [-0.05, 0) is 25.4 Å². The molecule has 2 heterocycles. The Morgan fingerprint density at radius 1 is 1.22 bits per heavy atom. The van der Waals surface area contributed by atoms with Gasteiger partial charge in [-0.3, -0.25) is 0 Å². The molecular formula is C11H15BrN4S2. The molecule has 2 aromatic heterocycles. The maximum atomic E-state index is 4.57. The standard InChI is InChI=1S/C11H15BrN4S2/c1-17-10-8-7-13-16(6-4-3-5-12)9(8)14-11(15-10)18-2/h7H,3-6H2,1-2H3. The quantitative estimate of drug-likeness (QED) is 0.263. The predicted molar refractivity (Wildman–Crippen MR) is 81.9 cm³/mol. The molecule has 0 aliphatic heterocycles. The summed E-state index contributed by atoms with van der Waals surface area (Å²) in [6, 6.07) is 0. The average Bonchev–Trinajstić information content (AvgIpc) is 2.81. The highest BCUT2D eigenvalue weighted by Gasteiger charge is 2.11. The SMILES string of the molecule is CSc1nc(SC)c2cnn(CCCCBr)c2n1. The smallest absolute Gasteiger partial charge is 0.190 e. The summed E-state index contributed by atoms with van der Waals surface area (Å²) >= 11 is 6.66. The number of rotatable bonds is 6. The Morgan fingerprint density at radius 2 is 2.06 bits per heavy atom. The molecule has 98 valence electrons. The molecular weight excluding hydrogens is 332 g/mol. The van der Waals surface area contributed by atoms with E-state index in [1.54, 1.807) is 23.5 Å². The fraction of sp³-hybridized carbons (Fsp3) is 0.545. The number of fused-ring (bicyclic) bond motifs is 1. The van der Waals surface area contributed by atoms with Gasteiger partial charge in [0.25, 0.3) is 0 Å². The first-order valence-corrected chi connectivity index (χ1v) is 9.24. The van der Waals surface area contributed by atoms with E-state index in [9.17, 15) is 0 Å². The van der Waals surface area contributed by atoms with Crippen molar-refractivity contribution in [2.24, 2.45) is 0 Å². The summed E-state index contributed by atoms with van der Waals surface area (Å²) in [6.45, 7) is 0.910. The van der Waals surface area contributed by atoms with Gasteiger partial charge in [0.1, 0.15) is 5.03 Å². The van der Waals surface area contributed by atoms with Crippen molar-refractivity contribution < 1.29 is 0 Å². The van der Waals surface area contributed by atoms with E-state index in [1.807, 2.05) is 23.4 Å². The van der Waals surface area contributed by atoms with Gasteiger partial charge in [-0.25, -0.2) is 14.6 Å². The van der Waals surface area contributed by atoms with Crippen molar-refractivity contribution in [1.82, 2.24) is 19.7 Å². The molecule has 0 aromatic carbocycles. The summed E-state index contributed by atoms with van der Waals surface area (Å²) < 4.78 is 1.99. The molecule has 7 heteroatoms. The van der Waals surface area contributed by atoms with Gasteiger partial charge in [0.2, 0.25) is 0 Å². The highest BCUT2D eigenvalue weighted by atomic mass is 79.9. The number of hydrogen-bond donors (Lipinski definition) is 0. The first-order chi connectivity index (χ1) is 8.80. The van der Waals surface area contributed by atoms with Gasteiger partial charge in [-0.1, -0.05) is 27.7 Å². The monoisotopic (exact) mass is 346 g/mol. The molecule has 2 rings (SSSR count). The minimum atomic E-state index is 0.814. The molecule has 0 N–H and O–H groups in total. The number of hydrogen-bond acceptors (Lipinski definition) is 5. The van der Waals surface area contributed by atoms with Crippen molar-refractivity contribution in [2.75, 3.05) is 17.8 Å². The fourth-order valence-corrected chi connectivity index (χ4v) is 3.03. The summed E-state index contributed by atoms with van der Waals surface area (Å²) in [5, 5.41) is 8.34. The Balaban J connectivity index is 2.37. The number of unbranched alkanes of at least 4 members (excludes halogenated alkanes) is 1. The Morgan fingerprint density at radius 3 is 2.72 bits per heavy atom. The van der Waals surface area contributed by atoms with Crippen LogP contribution in [0.5, 0.6) is 0 Å². The number of thioether (sulfide) groups is 2. The van der Waals surface area contributed by atoms with Crippen LogP contribution >= 0.6 is 39.5 Å². The van der Waals surface area contributed by atoms with Crippen molar-refractivity contribution in [3.05, 3.63) is 6.20 Å². The minimum absolute atomic E-state index is 0.814. The van der Waals surface area contributed by atoms with E-state index in [1.165, 1.54) is 0 Å². The fourth-order valence-electron chi connectivity index (χ4n) is 1.68. The second kappa shape index (κ2) is 6.77. The van der Waals surface area contributed by atoms with Gasteiger partial charge in [-0.15, -0.1) is 11.8 Å². The van der Waals surface area contributed by atoms with E-state index in [4.69, 9.17) is 0 Å². The van der Waals surface area contributed by atoms with E-state index in [-0.39, 0.29) is 0 Å². The van der Waals surface area contributed by atoms with Gasteiger partial charge >= 0.3 is 0 Å². The molecule has 0 fully saturated rings. The lowest BCUT2D eigenvalue weighted by atomic mass is 10.3. The van der Waals surface area contributed by atoms with Crippen LogP contribution in [0.25, 0.3) is 11.0 Å². The van der Waals surface area contributed by atoms with Gasteiger partial charge in [0.15, 0.2) is 10.8 Å². The molecule has 0 amide bonds. The largest absolute Gasteiger partial charge is 0.247 e. The first kappa shape index (κ1) is 14.1. The van der Waals surface area contributed by atoms with E-state index in [0.717, 1.165) is 45.9 Å². The van der Waals surface area contributed by atoms with Crippen LogP contribution in [0.15, 0.2) is 16.4 Å². The number of aromatic nitrogens is 4. The molecule has 0 saturated carbocycles. The lowest BCUT2D eigenvalue weighted by Crippen LogP contribution is -2.02. The molecule has 0 spiro atoms. The van der Waals surface area contributed by atoms with E-state index in [0.29, 0.717) is 0 Å². The highest BCUT2D eigenvalue weighted by molar-refractivity contribution is 9.09. The zero-order valence-corrected chi connectivity index (χ0v) is 13.6. The third-order valence-electron chi connectivity index (χ3n) is 2.57. The van der Waals surface area contributed by atoms with Gasteiger partial charge in [-0.2, -0.15) is 5.10 Å². The highest BCUT2D eigenvalue weighted by Crippen LogP contribution is 2.25. The van der Waals surface area contributed by atoms with E-state index in [2.05, 4.69) is 31.0 Å². The van der Waals surface area contributed by atoms with Crippen molar-refractivity contribution in [2.45, 2.75) is 29.6 Å². The van der Waals surface area contributed by atoms with Crippen LogP contribution in [0.3, 0.4) is 0 Å². The van der Waals surface area contributed by atoms with Crippen LogP contribution in [0.4, 0.5) is 0 Å². The van der Waals surface area contributed by atoms with E-state index < -0.39 is 0 Å². The maximum absolute atomic E-state index is 4.57. The van der Waals surface area contributed by atoms with Gasteiger partial charge < -0.3 is 0 Å². The van der Waals surface area contributed by atoms with Crippen LogP contribution in [-0.4, -0.2) is 37.6 Å². The molecule has 0 aliphatic rings. The van der Waals surface area contributed by atoms with Gasteiger partial charge in [0.05, 0.1) is 11.6 Å². The molecule has 0 bridgehead atoms. The second-order valence-corrected chi connectivity index (χ2v) is 6.08. The Labute approximate surface area is 123 Å². The Bertz CT molecular complexity index is 529. The molecule has 0 saturated heterocycles. The normalized spacial score (nSPS) is 11.3. The lowest BCUT2D eigenvalue weighted by Gasteiger charge is -2.04. The third kappa shape index (κ3) is 3.00. The minimum Gasteiger partial charge on any atom is -0.247 e. The predicted octanol–water partition coefficient (Wildman–Crippen LogP) is 3.45. The summed E-state index contributed by atoms with van der Waals surface area (Å²) in [6.07, 6.45) is 8.16.